The molecule has 0 aliphatic rings. The van der Waals surface area contributed by atoms with E-state index in [4.69, 9.17) is 5.73 Å². The molecule has 0 saturated heterocycles. The first-order chi connectivity index (χ1) is 6.24. The van der Waals surface area contributed by atoms with E-state index >= 15 is 0 Å². The van der Waals surface area contributed by atoms with E-state index in [9.17, 15) is 0 Å². The van der Waals surface area contributed by atoms with Crippen LogP contribution in [0.4, 0.5) is 0 Å². The molecule has 1 aromatic rings. The normalized spacial score (nSPS) is 13.2. The smallest absolute Gasteiger partial charge is 0.0437 e. The van der Waals surface area contributed by atoms with Crippen molar-refractivity contribution in [2.45, 2.75) is 24.3 Å². The van der Waals surface area contributed by atoms with Crippen LogP contribution in [-0.2, 0) is 0 Å². The molecule has 0 saturated carbocycles. The van der Waals surface area contributed by atoms with Gasteiger partial charge >= 0.3 is 0 Å². The minimum absolute atomic E-state index is 0.383. The van der Waals surface area contributed by atoms with Gasteiger partial charge in [0.1, 0.15) is 0 Å². The molecule has 0 spiro atoms. The van der Waals surface area contributed by atoms with Crippen molar-refractivity contribution >= 4 is 11.8 Å². The van der Waals surface area contributed by atoms with E-state index in [1.165, 1.54) is 5.56 Å². The third kappa shape index (κ3) is 3.36. The van der Waals surface area contributed by atoms with E-state index in [2.05, 4.69) is 24.9 Å². The topological polar surface area (TPSA) is 38.9 Å². The van der Waals surface area contributed by atoms with Crippen LogP contribution in [0.1, 0.15) is 24.7 Å². The van der Waals surface area contributed by atoms with Gasteiger partial charge < -0.3 is 5.73 Å². The summed E-state index contributed by atoms with van der Waals surface area (Å²) in [6.45, 7) is 5.04. The van der Waals surface area contributed by atoms with E-state index in [-0.39, 0.29) is 0 Å². The molecule has 1 atom stereocenters. The molecule has 72 valence electrons. The third-order valence-electron chi connectivity index (χ3n) is 1.71. The molecule has 0 aliphatic heterocycles. The van der Waals surface area contributed by atoms with Gasteiger partial charge in [-0.05, 0) is 16.9 Å². The molecular weight excluding hydrogens is 180 g/mol. The van der Waals surface area contributed by atoms with Crippen LogP contribution in [0.15, 0.2) is 24.5 Å². The highest BCUT2D eigenvalue weighted by molar-refractivity contribution is 8.00. The van der Waals surface area contributed by atoms with Gasteiger partial charge in [0.25, 0.3) is 0 Å². The lowest BCUT2D eigenvalue weighted by molar-refractivity contribution is 0.920. The predicted octanol–water partition coefficient (Wildman–Crippen LogP) is 2.22. The van der Waals surface area contributed by atoms with Crippen molar-refractivity contribution in [2.75, 3.05) is 6.54 Å². The monoisotopic (exact) mass is 196 g/mol. The molecule has 2 N–H and O–H groups in total. The van der Waals surface area contributed by atoms with Crippen LogP contribution in [0, 0.1) is 0 Å². The number of rotatable bonds is 4. The molecule has 0 fully saturated rings. The van der Waals surface area contributed by atoms with E-state index in [1.54, 1.807) is 6.20 Å². The van der Waals surface area contributed by atoms with Gasteiger partial charge in [-0.3, -0.25) is 4.98 Å². The zero-order valence-corrected chi connectivity index (χ0v) is 8.92. The first kappa shape index (κ1) is 10.5. The van der Waals surface area contributed by atoms with Crippen molar-refractivity contribution in [3.63, 3.8) is 0 Å². The van der Waals surface area contributed by atoms with Crippen molar-refractivity contribution in [3.8, 4) is 0 Å². The number of hydrogen-bond donors (Lipinski definition) is 1. The fourth-order valence-electron chi connectivity index (χ4n) is 1.17. The Morgan fingerprint density at radius 2 is 2.31 bits per heavy atom. The fraction of sp³-hybridized carbons (Fsp3) is 0.500. The van der Waals surface area contributed by atoms with Gasteiger partial charge in [-0.2, -0.15) is 0 Å². The number of nitrogens with zero attached hydrogens (tertiary/aromatic N) is 1. The second-order valence-corrected chi connectivity index (χ2v) is 4.98. The SMILES string of the molecule is CC(C)SC(CN)c1cccnc1. The maximum absolute atomic E-state index is 5.70. The van der Waals surface area contributed by atoms with Crippen LogP contribution >= 0.6 is 11.8 Å². The van der Waals surface area contributed by atoms with Gasteiger partial charge in [0.05, 0.1) is 0 Å². The van der Waals surface area contributed by atoms with Crippen molar-refractivity contribution in [2.24, 2.45) is 5.73 Å². The standard InChI is InChI=1S/C10H16N2S/c1-8(2)13-10(6-11)9-4-3-5-12-7-9/h3-5,7-8,10H,6,11H2,1-2H3. The maximum atomic E-state index is 5.70. The van der Waals surface area contributed by atoms with E-state index < -0.39 is 0 Å². The molecule has 1 unspecified atom stereocenters. The molecule has 0 aliphatic carbocycles. The van der Waals surface area contributed by atoms with Crippen LogP contribution < -0.4 is 5.73 Å². The van der Waals surface area contributed by atoms with Gasteiger partial charge in [0.15, 0.2) is 0 Å². The molecule has 0 radical (unpaired) electrons. The second-order valence-electron chi connectivity index (χ2n) is 3.20. The lowest BCUT2D eigenvalue weighted by Crippen LogP contribution is -2.11. The summed E-state index contributed by atoms with van der Waals surface area (Å²) >= 11 is 1.89. The Morgan fingerprint density at radius 1 is 1.54 bits per heavy atom. The summed E-state index contributed by atoms with van der Waals surface area (Å²) in [6, 6.07) is 4.04. The van der Waals surface area contributed by atoms with Crippen LogP contribution in [0.2, 0.25) is 0 Å². The van der Waals surface area contributed by atoms with Crippen LogP contribution in [0.5, 0.6) is 0 Å². The second kappa shape index (κ2) is 5.25. The first-order valence-corrected chi connectivity index (χ1v) is 5.43. The number of hydrogen-bond acceptors (Lipinski definition) is 3. The molecule has 0 bridgehead atoms. The molecular formula is C10H16N2S. The summed E-state index contributed by atoms with van der Waals surface area (Å²) in [5, 5.41) is 0.988. The fourth-order valence-corrected chi connectivity index (χ4v) is 2.23. The summed E-state index contributed by atoms with van der Waals surface area (Å²) in [7, 11) is 0. The third-order valence-corrected chi connectivity index (χ3v) is 3.04. The highest BCUT2D eigenvalue weighted by Gasteiger charge is 2.11. The zero-order valence-electron chi connectivity index (χ0n) is 8.10. The van der Waals surface area contributed by atoms with E-state index in [0.717, 1.165) is 0 Å². The Hall–Kier alpha value is -0.540. The molecule has 1 rings (SSSR count). The van der Waals surface area contributed by atoms with Crippen LogP contribution in [-0.4, -0.2) is 16.8 Å². The molecule has 1 aromatic heterocycles. The highest BCUT2D eigenvalue weighted by atomic mass is 32.2. The average molecular weight is 196 g/mol. The maximum Gasteiger partial charge on any atom is 0.0437 e. The van der Waals surface area contributed by atoms with Crippen LogP contribution in [0.25, 0.3) is 0 Å². The average Bonchev–Trinajstić information content (AvgIpc) is 2.15. The van der Waals surface area contributed by atoms with Gasteiger partial charge in [0, 0.05) is 24.2 Å². The van der Waals surface area contributed by atoms with E-state index in [1.807, 2.05) is 24.0 Å². The summed E-state index contributed by atoms with van der Waals surface area (Å²) in [4.78, 5) is 4.09. The molecule has 3 heteroatoms. The number of nitrogens with two attached hydrogens (primary N) is 1. The lowest BCUT2D eigenvalue weighted by Gasteiger charge is -2.16. The highest BCUT2D eigenvalue weighted by Crippen LogP contribution is 2.30. The number of aromatic nitrogens is 1. The Labute approximate surface area is 83.9 Å². The zero-order chi connectivity index (χ0) is 9.68. The molecule has 1 heterocycles. The largest absolute Gasteiger partial charge is 0.329 e. The van der Waals surface area contributed by atoms with Gasteiger partial charge in [0.2, 0.25) is 0 Å². The van der Waals surface area contributed by atoms with Gasteiger partial charge in [-0.15, -0.1) is 11.8 Å². The van der Waals surface area contributed by atoms with Crippen molar-refractivity contribution in [1.29, 1.82) is 0 Å². The summed E-state index contributed by atoms with van der Waals surface area (Å²) in [6.07, 6.45) is 3.68. The summed E-state index contributed by atoms with van der Waals surface area (Å²) < 4.78 is 0. The summed E-state index contributed by atoms with van der Waals surface area (Å²) in [5.74, 6) is 0. The van der Waals surface area contributed by atoms with Crippen LogP contribution in [0.3, 0.4) is 0 Å². The Bertz CT molecular complexity index is 236. The molecule has 2 nitrogen and oxygen atoms in total. The molecule has 13 heavy (non-hydrogen) atoms. The summed E-state index contributed by atoms with van der Waals surface area (Å²) in [5.41, 5.74) is 6.93. The quantitative estimate of drug-likeness (QED) is 0.802. The Morgan fingerprint density at radius 3 is 2.77 bits per heavy atom. The minimum atomic E-state index is 0.383. The van der Waals surface area contributed by atoms with Crippen molar-refractivity contribution in [3.05, 3.63) is 30.1 Å². The number of pyridine rings is 1. The van der Waals surface area contributed by atoms with Gasteiger partial charge in [-0.25, -0.2) is 0 Å². The minimum Gasteiger partial charge on any atom is -0.329 e. The Balaban J connectivity index is 2.67. The predicted molar refractivity (Wildman–Crippen MR) is 58.8 cm³/mol. The lowest BCUT2D eigenvalue weighted by atomic mass is 10.2. The molecule has 0 amide bonds. The van der Waals surface area contributed by atoms with Crippen molar-refractivity contribution in [1.82, 2.24) is 4.98 Å². The van der Waals surface area contributed by atoms with Gasteiger partial charge in [-0.1, -0.05) is 19.9 Å². The first-order valence-electron chi connectivity index (χ1n) is 4.49. The Kier molecular flexibility index (Phi) is 4.25. The number of thioether (sulfide) groups is 1. The molecule has 0 aromatic carbocycles. The van der Waals surface area contributed by atoms with Crippen molar-refractivity contribution < 1.29 is 0 Å². The van der Waals surface area contributed by atoms with E-state index in [0.29, 0.717) is 17.0 Å².